The van der Waals surface area contributed by atoms with Crippen molar-refractivity contribution >= 4 is 16.0 Å². The second-order valence-corrected chi connectivity index (χ2v) is 6.84. The summed E-state index contributed by atoms with van der Waals surface area (Å²) in [5.41, 5.74) is 2.59. The number of aromatic nitrogens is 1. The summed E-state index contributed by atoms with van der Waals surface area (Å²) in [6.45, 7) is 4.66. The lowest BCUT2D eigenvalue weighted by Gasteiger charge is -2.12. The van der Waals surface area contributed by atoms with Gasteiger partial charge in [0.15, 0.2) is 5.96 Å². The first-order valence-corrected chi connectivity index (χ1v) is 8.84. The molecule has 2 rings (SSSR count). The maximum Gasteiger partial charge on any atom is 0.238 e. The Labute approximate surface area is 141 Å². The Balaban J connectivity index is 1.97. The molecule has 0 saturated carbocycles. The van der Waals surface area contributed by atoms with Crippen molar-refractivity contribution in [2.24, 2.45) is 10.1 Å². The number of guanidine groups is 1. The number of hydrogen-bond donors (Lipinski definition) is 3. The largest absolute Gasteiger partial charge is 0.361 e. The van der Waals surface area contributed by atoms with Gasteiger partial charge in [-0.1, -0.05) is 17.3 Å². The lowest BCUT2D eigenvalue weighted by atomic mass is 10.2. The molecular weight excluding hydrogens is 330 g/mol. The summed E-state index contributed by atoms with van der Waals surface area (Å²) >= 11 is 0. The third kappa shape index (κ3) is 4.56. The molecule has 9 heteroatoms. The van der Waals surface area contributed by atoms with E-state index in [0.29, 0.717) is 19.0 Å². The smallest absolute Gasteiger partial charge is 0.238 e. The zero-order valence-electron chi connectivity index (χ0n) is 13.8. The maximum atomic E-state index is 11.4. The van der Waals surface area contributed by atoms with Gasteiger partial charge in [-0.05, 0) is 31.5 Å². The number of benzene rings is 1. The van der Waals surface area contributed by atoms with Crippen LogP contribution in [0.15, 0.2) is 38.7 Å². The van der Waals surface area contributed by atoms with Gasteiger partial charge < -0.3 is 15.2 Å². The number of nitrogens with two attached hydrogens (primary N) is 1. The number of hydrogen-bond acceptors (Lipinski definition) is 5. The van der Waals surface area contributed by atoms with Crippen LogP contribution in [0.1, 0.15) is 22.6 Å². The van der Waals surface area contributed by atoms with Gasteiger partial charge >= 0.3 is 0 Å². The summed E-state index contributed by atoms with van der Waals surface area (Å²) in [6.07, 6.45) is 0. The van der Waals surface area contributed by atoms with E-state index in [9.17, 15) is 8.42 Å². The summed E-state index contributed by atoms with van der Waals surface area (Å²) < 4.78 is 27.9. The molecule has 130 valence electrons. The molecule has 1 heterocycles. The zero-order valence-corrected chi connectivity index (χ0v) is 14.6. The first kappa shape index (κ1) is 18.0. The van der Waals surface area contributed by atoms with Gasteiger partial charge in [0.1, 0.15) is 5.76 Å². The average molecular weight is 351 g/mol. The van der Waals surface area contributed by atoms with Gasteiger partial charge in [0.25, 0.3) is 0 Å². The third-order valence-electron chi connectivity index (χ3n) is 3.52. The Morgan fingerprint density at radius 2 is 2.00 bits per heavy atom. The summed E-state index contributed by atoms with van der Waals surface area (Å²) in [7, 11) is -2.05. The van der Waals surface area contributed by atoms with Gasteiger partial charge in [-0.3, -0.25) is 4.99 Å². The number of nitrogens with zero attached hydrogens (tertiary/aromatic N) is 2. The number of rotatable bonds is 5. The van der Waals surface area contributed by atoms with Gasteiger partial charge in [-0.2, -0.15) is 0 Å². The minimum Gasteiger partial charge on any atom is -0.361 e. The van der Waals surface area contributed by atoms with E-state index in [1.54, 1.807) is 13.1 Å². The highest BCUT2D eigenvalue weighted by molar-refractivity contribution is 7.89. The number of nitrogens with one attached hydrogen (secondary N) is 2. The normalized spacial score (nSPS) is 12.2. The fourth-order valence-electron chi connectivity index (χ4n) is 2.17. The molecule has 0 unspecified atom stereocenters. The highest BCUT2D eigenvalue weighted by Crippen LogP contribution is 2.11. The molecule has 0 spiro atoms. The molecule has 0 amide bonds. The Bertz CT molecular complexity index is 823. The minimum atomic E-state index is -3.71. The van der Waals surface area contributed by atoms with E-state index in [1.807, 2.05) is 19.9 Å². The Morgan fingerprint density at radius 3 is 2.58 bits per heavy atom. The molecule has 0 aliphatic rings. The molecule has 24 heavy (non-hydrogen) atoms. The SMILES string of the molecule is CN=C(NCc1cccc(S(N)(=O)=O)c1)NCc1c(C)noc1C. The standard InChI is InChI=1S/C15H21N5O3S/c1-10-14(11(2)23-20-10)9-19-15(17-3)18-8-12-5-4-6-13(7-12)24(16,21)22/h4-7H,8-9H2,1-3H3,(H2,16,21,22)(H2,17,18,19). The predicted molar refractivity (Wildman–Crippen MR) is 90.8 cm³/mol. The zero-order chi connectivity index (χ0) is 17.7. The molecule has 2 aromatic rings. The topological polar surface area (TPSA) is 123 Å². The van der Waals surface area contributed by atoms with Crippen molar-refractivity contribution in [3.05, 3.63) is 46.8 Å². The fraction of sp³-hybridized carbons (Fsp3) is 0.333. The van der Waals surface area contributed by atoms with Crippen LogP contribution in [-0.4, -0.2) is 26.6 Å². The second-order valence-electron chi connectivity index (χ2n) is 5.27. The molecule has 0 radical (unpaired) electrons. The molecule has 0 bridgehead atoms. The first-order chi connectivity index (χ1) is 11.3. The molecule has 1 aromatic carbocycles. The lowest BCUT2D eigenvalue weighted by molar-refractivity contribution is 0.392. The number of sulfonamides is 1. The number of aliphatic imine (C=N–C) groups is 1. The van der Waals surface area contributed by atoms with E-state index in [-0.39, 0.29) is 4.90 Å². The van der Waals surface area contributed by atoms with E-state index < -0.39 is 10.0 Å². The number of primary sulfonamides is 1. The Morgan fingerprint density at radius 1 is 1.29 bits per heavy atom. The van der Waals surface area contributed by atoms with Gasteiger partial charge in [-0.15, -0.1) is 0 Å². The molecular formula is C15H21N5O3S. The van der Waals surface area contributed by atoms with E-state index in [2.05, 4.69) is 20.8 Å². The van der Waals surface area contributed by atoms with Crippen molar-refractivity contribution in [1.29, 1.82) is 0 Å². The summed E-state index contributed by atoms with van der Waals surface area (Å²) in [5.74, 6) is 1.34. The second kappa shape index (κ2) is 7.45. The molecule has 4 N–H and O–H groups in total. The molecule has 1 aromatic heterocycles. The van der Waals surface area contributed by atoms with Crippen LogP contribution in [-0.2, 0) is 23.1 Å². The van der Waals surface area contributed by atoms with Crippen LogP contribution in [0.3, 0.4) is 0 Å². The van der Waals surface area contributed by atoms with E-state index >= 15 is 0 Å². The summed E-state index contributed by atoms with van der Waals surface area (Å²) in [5, 5.41) is 15.3. The molecule has 0 fully saturated rings. The van der Waals surface area contributed by atoms with Crippen molar-refractivity contribution in [2.75, 3.05) is 7.05 Å². The van der Waals surface area contributed by atoms with Crippen molar-refractivity contribution < 1.29 is 12.9 Å². The molecule has 0 aliphatic carbocycles. The molecule has 0 saturated heterocycles. The molecule has 8 nitrogen and oxygen atoms in total. The highest BCUT2D eigenvalue weighted by atomic mass is 32.2. The van der Waals surface area contributed by atoms with Gasteiger partial charge in [0.05, 0.1) is 10.6 Å². The Kier molecular flexibility index (Phi) is 5.58. The monoisotopic (exact) mass is 351 g/mol. The Hall–Kier alpha value is -2.39. The van der Waals surface area contributed by atoms with Crippen LogP contribution >= 0.6 is 0 Å². The predicted octanol–water partition coefficient (Wildman–Crippen LogP) is 0.804. The number of aryl methyl sites for hydroxylation is 2. The van der Waals surface area contributed by atoms with Crippen LogP contribution in [0.2, 0.25) is 0 Å². The van der Waals surface area contributed by atoms with Gasteiger partial charge in [-0.25, -0.2) is 13.6 Å². The molecule has 0 atom stereocenters. The van der Waals surface area contributed by atoms with E-state index in [0.717, 1.165) is 22.6 Å². The van der Waals surface area contributed by atoms with Crippen molar-refractivity contribution in [1.82, 2.24) is 15.8 Å². The van der Waals surface area contributed by atoms with Crippen molar-refractivity contribution in [3.8, 4) is 0 Å². The van der Waals surface area contributed by atoms with E-state index in [4.69, 9.17) is 9.66 Å². The van der Waals surface area contributed by atoms with Crippen molar-refractivity contribution in [3.63, 3.8) is 0 Å². The average Bonchev–Trinajstić information content (AvgIpc) is 2.86. The molecule has 0 aliphatic heterocycles. The lowest BCUT2D eigenvalue weighted by Crippen LogP contribution is -2.36. The first-order valence-electron chi connectivity index (χ1n) is 7.29. The van der Waals surface area contributed by atoms with Gasteiger partial charge in [0.2, 0.25) is 10.0 Å². The highest BCUT2D eigenvalue weighted by Gasteiger charge is 2.10. The maximum absolute atomic E-state index is 11.4. The quantitative estimate of drug-likeness (QED) is 0.541. The van der Waals surface area contributed by atoms with Crippen LogP contribution in [0, 0.1) is 13.8 Å². The van der Waals surface area contributed by atoms with Crippen LogP contribution < -0.4 is 15.8 Å². The van der Waals surface area contributed by atoms with Gasteiger partial charge in [0, 0.05) is 25.7 Å². The van der Waals surface area contributed by atoms with Crippen LogP contribution in [0.4, 0.5) is 0 Å². The van der Waals surface area contributed by atoms with E-state index in [1.165, 1.54) is 12.1 Å². The third-order valence-corrected chi connectivity index (χ3v) is 4.44. The minimum absolute atomic E-state index is 0.0838. The van der Waals surface area contributed by atoms with Crippen LogP contribution in [0.5, 0.6) is 0 Å². The van der Waals surface area contributed by atoms with Crippen molar-refractivity contribution in [2.45, 2.75) is 31.8 Å². The fourth-order valence-corrected chi connectivity index (χ4v) is 2.75. The van der Waals surface area contributed by atoms with Crippen LogP contribution in [0.25, 0.3) is 0 Å². The summed E-state index contributed by atoms with van der Waals surface area (Å²) in [4.78, 5) is 4.22. The summed E-state index contributed by atoms with van der Waals surface area (Å²) in [6, 6.07) is 6.45.